The number of rotatable bonds is 1. The zero-order valence-electron chi connectivity index (χ0n) is 7.94. The van der Waals surface area contributed by atoms with Gasteiger partial charge in [0.25, 0.3) is 0 Å². The summed E-state index contributed by atoms with van der Waals surface area (Å²) >= 11 is 0. The van der Waals surface area contributed by atoms with Crippen molar-refractivity contribution in [3.63, 3.8) is 0 Å². The van der Waals surface area contributed by atoms with Crippen molar-refractivity contribution in [2.45, 2.75) is 6.92 Å². The summed E-state index contributed by atoms with van der Waals surface area (Å²) in [5.41, 5.74) is 9.21. The van der Waals surface area contributed by atoms with E-state index in [-0.39, 0.29) is 0 Å². The van der Waals surface area contributed by atoms with Crippen molar-refractivity contribution in [3.05, 3.63) is 42.2 Å². The molecule has 0 spiro atoms. The van der Waals surface area contributed by atoms with E-state index in [0.29, 0.717) is 5.69 Å². The predicted octanol–water partition coefficient (Wildman–Crippen LogP) is 2.03. The Bertz CT molecular complexity index is 408. The lowest BCUT2D eigenvalue weighted by Gasteiger charge is -2.01. The lowest BCUT2D eigenvalue weighted by Crippen LogP contribution is -1.90. The molecule has 2 aromatic heterocycles. The summed E-state index contributed by atoms with van der Waals surface area (Å²) in [6, 6.07) is 7.53. The molecular weight excluding hydrogens is 174 g/mol. The predicted molar refractivity (Wildman–Crippen MR) is 56.6 cm³/mol. The van der Waals surface area contributed by atoms with Crippen LogP contribution in [-0.4, -0.2) is 9.97 Å². The maximum atomic E-state index is 5.67. The third-order valence-corrected chi connectivity index (χ3v) is 1.96. The van der Waals surface area contributed by atoms with Crippen LogP contribution in [-0.2, 0) is 0 Å². The number of hydrogen-bond acceptors (Lipinski definition) is 3. The van der Waals surface area contributed by atoms with Crippen LogP contribution in [0.25, 0.3) is 11.4 Å². The van der Waals surface area contributed by atoms with E-state index in [1.54, 1.807) is 18.5 Å². The van der Waals surface area contributed by atoms with E-state index in [1.807, 2.05) is 25.1 Å². The number of nitrogens with zero attached hydrogens (tertiary/aromatic N) is 2. The monoisotopic (exact) mass is 185 g/mol. The fraction of sp³-hybridized carbons (Fsp3) is 0.0909. The molecule has 0 fully saturated rings. The second kappa shape index (κ2) is 3.46. The van der Waals surface area contributed by atoms with Crippen LogP contribution in [0.15, 0.2) is 36.7 Å². The van der Waals surface area contributed by atoms with Crippen LogP contribution in [0.1, 0.15) is 5.56 Å². The average Bonchev–Trinajstić information content (AvgIpc) is 2.18. The molecule has 3 heteroatoms. The van der Waals surface area contributed by atoms with Gasteiger partial charge in [-0.3, -0.25) is 9.97 Å². The average molecular weight is 185 g/mol. The van der Waals surface area contributed by atoms with Gasteiger partial charge in [0.1, 0.15) is 0 Å². The van der Waals surface area contributed by atoms with E-state index >= 15 is 0 Å². The Morgan fingerprint density at radius 1 is 1.00 bits per heavy atom. The maximum Gasteiger partial charge on any atom is 0.0906 e. The summed E-state index contributed by atoms with van der Waals surface area (Å²) in [4.78, 5) is 8.44. The second-order valence-electron chi connectivity index (χ2n) is 3.19. The van der Waals surface area contributed by atoms with Gasteiger partial charge in [-0.05, 0) is 36.8 Å². The summed E-state index contributed by atoms with van der Waals surface area (Å²) in [5.74, 6) is 0. The highest BCUT2D eigenvalue weighted by molar-refractivity contribution is 5.59. The fourth-order valence-corrected chi connectivity index (χ4v) is 1.26. The molecule has 2 heterocycles. The molecule has 0 unspecified atom stereocenters. The van der Waals surface area contributed by atoms with Crippen LogP contribution >= 0.6 is 0 Å². The molecule has 0 radical (unpaired) electrons. The van der Waals surface area contributed by atoms with Gasteiger partial charge >= 0.3 is 0 Å². The smallest absolute Gasteiger partial charge is 0.0906 e. The molecule has 0 saturated carbocycles. The summed E-state index contributed by atoms with van der Waals surface area (Å²) in [6.07, 6.45) is 3.46. The molecule has 0 amide bonds. The number of aromatic nitrogens is 2. The highest BCUT2D eigenvalue weighted by Gasteiger charge is 2.00. The minimum atomic E-state index is 0.707. The molecule has 0 saturated heterocycles. The van der Waals surface area contributed by atoms with Crippen molar-refractivity contribution in [3.8, 4) is 11.4 Å². The van der Waals surface area contributed by atoms with Crippen LogP contribution in [0.5, 0.6) is 0 Å². The van der Waals surface area contributed by atoms with Gasteiger partial charge in [0.15, 0.2) is 0 Å². The van der Waals surface area contributed by atoms with E-state index in [9.17, 15) is 0 Å². The van der Waals surface area contributed by atoms with Crippen molar-refractivity contribution in [1.82, 2.24) is 9.97 Å². The van der Waals surface area contributed by atoms with Gasteiger partial charge in [0.05, 0.1) is 11.4 Å². The van der Waals surface area contributed by atoms with Crippen molar-refractivity contribution in [1.29, 1.82) is 0 Å². The Hall–Kier alpha value is -1.90. The third-order valence-electron chi connectivity index (χ3n) is 1.96. The first-order chi connectivity index (χ1) is 6.75. The normalized spacial score (nSPS) is 10.1. The van der Waals surface area contributed by atoms with E-state index in [4.69, 9.17) is 5.73 Å². The van der Waals surface area contributed by atoms with Crippen LogP contribution in [0, 0.1) is 6.92 Å². The molecule has 2 aromatic rings. The quantitative estimate of drug-likeness (QED) is 0.739. The van der Waals surface area contributed by atoms with Gasteiger partial charge in [-0.15, -0.1) is 0 Å². The zero-order chi connectivity index (χ0) is 9.97. The molecule has 14 heavy (non-hydrogen) atoms. The number of nitrogen functional groups attached to an aromatic ring is 1. The minimum Gasteiger partial charge on any atom is -0.399 e. The first-order valence-electron chi connectivity index (χ1n) is 4.40. The lowest BCUT2D eigenvalue weighted by atomic mass is 10.2. The fourth-order valence-electron chi connectivity index (χ4n) is 1.26. The maximum absolute atomic E-state index is 5.67. The van der Waals surface area contributed by atoms with Crippen molar-refractivity contribution < 1.29 is 0 Å². The lowest BCUT2D eigenvalue weighted by molar-refractivity contribution is 1.23. The minimum absolute atomic E-state index is 0.707. The van der Waals surface area contributed by atoms with Gasteiger partial charge in [0.2, 0.25) is 0 Å². The van der Waals surface area contributed by atoms with Crippen LogP contribution in [0.3, 0.4) is 0 Å². The van der Waals surface area contributed by atoms with E-state index < -0.39 is 0 Å². The Morgan fingerprint density at radius 2 is 1.64 bits per heavy atom. The molecule has 0 bridgehead atoms. The topological polar surface area (TPSA) is 51.8 Å². The van der Waals surface area contributed by atoms with Gasteiger partial charge in [-0.1, -0.05) is 0 Å². The standard InChI is InChI=1S/C11H11N3/c1-8-2-4-13-10(6-8)11-7-9(12)3-5-14-11/h2-7H,1H3,(H2,12,14). The number of aryl methyl sites for hydroxylation is 1. The number of pyridine rings is 2. The van der Waals surface area contributed by atoms with Gasteiger partial charge < -0.3 is 5.73 Å². The Balaban J connectivity index is 2.49. The van der Waals surface area contributed by atoms with Gasteiger partial charge in [-0.2, -0.15) is 0 Å². The largest absolute Gasteiger partial charge is 0.399 e. The molecule has 2 rings (SSSR count). The zero-order valence-corrected chi connectivity index (χ0v) is 7.94. The van der Waals surface area contributed by atoms with Gasteiger partial charge in [-0.25, -0.2) is 0 Å². The molecule has 0 atom stereocenters. The van der Waals surface area contributed by atoms with E-state index in [0.717, 1.165) is 11.4 Å². The first-order valence-corrected chi connectivity index (χ1v) is 4.40. The molecule has 0 aliphatic carbocycles. The number of nitrogens with two attached hydrogens (primary N) is 1. The molecule has 0 aromatic carbocycles. The van der Waals surface area contributed by atoms with E-state index in [1.165, 1.54) is 5.56 Å². The summed E-state index contributed by atoms with van der Waals surface area (Å²) < 4.78 is 0. The van der Waals surface area contributed by atoms with E-state index in [2.05, 4.69) is 9.97 Å². The first kappa shape index (κ1) is 8.69. The highest BCUT2D eigenvalue weighted by atomic mass is 14.8. The van der Waals surface area contributed by atoms with Crippen LogP contribution in [0.2, 0.25) is 0 Å². The van der Waals surface area contributed by atoms with Crippen LogP contribution < -0.4 is 5.73 Å². The molecule has 2 N–H and O–H groups in total. The third kappa shape index (κ3) is 1.71. The summed E-state index contributed by atoms with van der Waals surface area (Å²) in [5, 5.41) is 0. The van der Waals surface area contributed by atoms with Crippen molar-refractivity contribution in [2.75, 3.05) is 5.73 Å². The van der Waals surface area contributed by atoms with Gasteiger partial charge in [0, 0.05) is 18.1 Å². The van der Waals surface area contributed by atoms with Crippen molar-refractivity contribution in [2.24, 2.45) is 0 Å². The Morgan fingerprint density at radius 3 is 2.29 bits per heavy atom. The molecular formula is C11H11N3. The number of hydrogen-bond donors (Lipinski definition) is 1. The summed E-state index contributed by atoms with van der Waals surface area (Å²) in [7, 11) is 0. The summed E-state index contributed by atoms with van der Waals surface area (Å²) in [6.45, 7) is 2.03. The Kier molecular flexibility index (Phi) is 2.14. The highest BCUT2D eigenvalue weighted by Crippen LogP contribution is 2.16. The SMILES string of the molecule is Cc1ccnc(-c2cc(N)ccn2)c1. The van der Waals surface area contributed by atoms with Crippen molar-refractivity contribution >= 4 is 5.69 Å². The second-order valence-corrected chi connectivity index (χ2v) is 3.19. The number of anilines is 1. The molecule has 3 nitrogen and oxygen atoms in total. The van der Waals surface area contributed by atoms with Crippen LogP contribution in [0.4, 0.5) is 5.69 Å². The molecule has 0 aliphatic rings. The Labute approximate surface area is 82.6 Å². The molecule has 70 valence electrons. The molecule has 0 aliphatic heterocycles.